The van der Waals surface area contributed by atoms with Crippen LogP contribution < -0.4 is 0 Å². The van der Waals surface area contributed by atoms with Crippen molar-refractivity contribution in [3.63, 3.8) is 0 Å². The van der Waals surface area contributed by atoms with Gasteiger partial charge in [0, 0.05) is 12.0 Å². The molecule has 0 spiro atoms. The Labute approximate surface area is 92.8 Å². The van der Waals surface area contributed by atoms with Crippen LogP contribution in [0.4, 0.5) is 0 Å². The fourth-order valence-corrected chi connectivity index (χ4v) is 2.97. The summed E-state index contributed by atoms with van der Waals surface area (Å²) in [7, 11) is -2.87. The maximum atomic E-state index is 11.0. The fraction of sp³-hybridized carbons (Fsp3) is 1.00. The topological polar surface area (TPSA) is 54.4 Å². The van der Waals surface area contributed by atoms with Gasteiger partial charge in [0.25, 0.3) is 0 Å². The lowest BCUT2D eigenvalue weighted by molar-refractivity contribution is 0.0160. The number of hydrogen-bond donors (Lipinski definition) is 1. The summed E-state index contributed by atoms with van der Waals surface area (Å²) in [6, 6.07) is 0. The van der Waals surface area contributed by atoms with E-state index in [1.165, 1.54) is 19.1 Å². The Morgan fingerprint density at radius 3 is 2.13 bits per heavy atom. The van der Waals surface area contributed by atoms with E-state index < -0.39 is 15.4 Å². The first-order chi connectivity index (χ1) is 6.91. The molecule has 1 N–H and O–H groups in total. The molecular weight excluding hydrogens is 212 g/mol. The molecule has 0 aromatic carbocycles. The van der Waals surface area contributed by atoms with Gasteiger partial charge in [-0.15, -0.1) is 0 Å². The van der Waals surface area contributed by atoms with Crippen molar-refractivity contribution >= 4 is 9.84 Å². The minimum absolute atomic E-state index is 0.204. The highest BCUT2D eigenvalue weighted by Gasteiger charge is 2.27. The van der Waals surface area contributed by atoms with E-state index in [1.54, 1.807) is 0 Å². The van der Waals surface area contributed by atoms with Gasteiger partial charge in [-0.05, 0) is 25.7 Å². The molecule has 1 aliphatic rings. The normalized spacial score (nSPS) is 22.3. The molecule has 4 heteroatoms. The van der Waals surface area contributed by atoms with Crippen LogP contribution in [-0.2, 0) is 9.84 Å². The molecule has 90 valence electrons. The van der Waals surface area contributed by atoms with E-state index >= 15 is 0 Å². The molecule has 0 bridgehead atoms. The minimum atomic E-state index is -2.87. The third-order valence-electron chi connectivity index (χ3n) is 3.19. The van der Waals surface area contributed by atoms with Gasteiger partial charge in [0.05, 0.1) is 5.60 Å². The first kappa shape index (κ1) is 13.0. The summed E-state index contributed by atoms with van der Waals surface area (Å²) in [5.74, 6) is 0.204. The highest BCUT2D eigenvalue weighted by Crippen LogP contribution is 2.30. The van der Waals surface area contributed by atoms with Gasteiger partial charge in [-0.1, -0.05) is 25.7 Å². The standard InChI is InChI=1S/C11H22O3S/c1-15(13,14)10-6-9-11(12)7-4-2-3-5-8-11/h12H,2-10H2,1H3. The van der Waals surface area contributed by atoms with Crippen molar-refractivity contribution in [3.05, 3.63) is 0 Å². The van der Waals surface area contributed by atoms with E-state index in [0.717, 1.165) is 25.7 Å². The molecule has 1 fully saturated rings. The molecule has 1 rings (SSSR count). The van der Waals surface area contributed by atoms with Gasteiger partial charge in [-0.2, -0.15) is 0 Å². The Morgan fingerprint density at radius 1 is 1.13 bits per heavy atom. The third-order valence-corrected chi connectivity index (χ3v) is 4.22. The molecule has 0 unspecified atom stereocenters. The van der Waals surface area contributed by atoms with Crippen LogP contribution in [0.5, 0.6) is 0 Å². The van der Waals surface area contributed by atoms with Crippen molar-refractivity contribution in [3.8, 4) is 0 Å². The average Bonchev–Trinajstić information content (AvgIpc) is 2.28. The van der Waals surface area contributed by atoms with Crippen LogP contribution in [0.2, 0.25) is 0 Å². The predicted molar refractivity (Wildman–Crippen MR) is 61.6 cm³/mol. The molecular formula is C11H22O3S. The lowest BCUT2D eigenvalue weighted by Gasteiger charge is -2.26. The maximum Gasteiger partial charge on any atom is 0.147 e. The highest BCUT2D eigenvalue weighted by atomic mass is 32.2. The Balaban J connectivity index is 2.34. The van der Waals surface area contributed by atoms with Crippen molar-refractivity contribution in [2.75, 3.05) is 12.0 Å². The Kier molecular flexibility index (Phi) is 4.59. The van der Waals surface area contributed by atoms with Gasteiger partial charge >= 0.3 is 0 Å². The Morgan fingerprint density at radius 2 is 1.67 bits per heavy atom. The van der Waals surface area contributed by atoms with Gasteiger partial charge < -0.3 is 5.11 Å². The predicted octanol–water partition coefficient (Wildman–Crippen LogP) is 1.90. The first-order valence-corrected chi connectivity index (χ1v) is 7.88. The Bertz CT molecular complexity index is 274. The summed E-state index contributed by atoms with van der Waals surface area (Å²) in [5.41, 5.74) is -0.582. The number of rotatable bonds is 4. The summed E-state index contributed by atoms with van der Waals surface area (Å²) < 4.78 is 21.9. The second kappa shape index (κ2) is 5.30. The molecule has 15 heavy (non-hydrogen) atoms. The molecule has 0 aliphatic heterocycles. The smallest absolute Gasteiger partial charge is 0.147 e. The fourth-order valence-electron chi connectivity index (χ4n) is 2.30. The molecule has 0 amide bonds. The van der Waals surface area contributed by atoms with E-state index in [2.05, 4.69) is 0 Å². The summed E-state index contributed by atoms with van der Waals surface area (Å²) >= 11 is 0. The lowest BCUT2D eigenvalue weighted by atomic mass is 9.90. The van der Waals surface area contributed by atoms with Crippen molar-refractivity contribution in [1.82, 2.24) is 0 Å². The lowest BCUT2D eigenvalue weighted by Crippen LogP contribution is -2.28. The molecule has 0 heterocycles. The highest BCUT2D eigenvalue weighted by molar-refractivity contribution is 7.90. The molecule has 0 radical (unpaired) electrons. The molecule has 0 saturated heterocycles. The minimum Gasteiger partial charge on any atom is -0.390 e. The second-order valence-corrected chi connectivity index (χ2v) is 7.13. The monoisotopic (exact) mass is 234 g/mol. The van der Waals surface area contributed by atoms with Crippen molar-refractivity contribution < 1.29 is 13.5 Å². The van der Waals surface area contributed by atoms with Gasteiger partial charge in [0.1, 0.15) is 9.84 Å². The van der Waals surface area contributed by atoms with E-state index in [-0.39, 0.29) is 5.75 Å². The SMILES string of the molecule is CS(=O)(=O)CCCC1(O)CCCCCC1. The van der Waals surface area contributed by atoms with Crippen LogP contribution in [0.15, 0.2) is 0 Å². The van der Waals surface area contributed by atoms with Crippen molar-refractivity contribution in [2.24, 2.45) is 0 Å². The third kappa shape index (κ3) is 5.52. The number of aliphatic hydroxyl groups is 1. The molecule has 0 aromatic rings. The zero-order valence-corrected chi connectivity index (χ0v) is 10.4. The number of sulfone groups is 1. The van der Waals surface area contributed by atoms with Gasteiger partial charge in [0.15, 0.2) is 0 Å². The largest absolute Gasteiger partial charge is 0.390 e. The van der Waals surface area contributed by atoms with E-state index in [1.807, 2.05) is 0 Å². The van der Waals surface area contributed by atoms with Gasteiger partial charge in [-0.25, -0.2) is 8.42 Å². The number of hydrogen-bond acceptors (Lipinski definition) is 3. The van der Waals surface area contributed by atoms with Gasteiger partial charge in [0.2, 0.25) is 0 Å². The molecule has 0 atom stereocenters. The average molecular weight is 234 g/mol. The summed E-state index contributed by atoms with van der Waals surface area (Å²) in [4.78, 5) is 0. The summed E-state index contributed by atoms with van der Waals surface area (Å²) in [6.45, 7) is 0. The zero-order valence-electron chi connectivity index (χ0n) is 9.54. The second-order valence-electron chi connectivity index (χ2n) is 4.87. The van der Waals surface area contributed by atoms with Crippen LogP contribution in [0.1, 0.15) is 51.4 Å². The van der Waals surface area contributed by atoms with E-state index in [4.69, 9.17) is 0 Å². The molecule has 1 aliphatic carbocycles. The maximum absolute atomic E-state index is 11.0. The van der Waals surface area contributed by atoms with Crippen LogP contribution in [0.25, 0.3) is 0 Å². The zero-order chi connectivity index (χ0) is 11.4. The van der Waals surface area contributed by atoms with Crippen LogP contribution in [-0.4, -0.2) is 31.1 Å². The molecule has 0 aromatic heterocycles. The Hall–Kier alpha value is -0.0900. The van der Waals surface area contributed by atoms with Crippen molar-refractivity contribution in [2.45, 2.75) is 57.0 Å². The van der Waals surface area contributed by atoms with E-state index in [9.17, 15) is 13.5 Å². The molecule has 3 nitrogen and oxygen atoms in total. The van der Waals surface area contributed by atoms with Crippen molar-refractivity contribution in [1.29, 1.82) is 0 Å². The summed E-state index contributed by atoms with van der Waals surface area (Å²) in [6.07, 6.45) is 8.74. The van der Waals surface area contributed by atoms with Crippen LogP contribution in [0, 0.1) is 0 Å². The molecule has 1 saturated carbocycles. The van der Waals surface area contributed by atoms with Crippen LogP contribution in [0.3, 0.4) is 0 Å². The quantitative estimate of drug-likeness (QED) is 0.756. The van der Waals surface area contributed by atoms with Gasteiger partial charge in [-0.3, -0.25) is 0 Å². The van der Waals surface area contributed by atoms with Crippen LogP contribution >= 0.6 is 0 Å². The van der Waals surface area contributed by atoms with E-state index in [0.29, 0.717) is 12.8 Å². The first-order valence-electron chi connectivity index (χ1n) is 5.81. The summed E-state index contributed by atoms with van der Waals surface area (Å²) in [5, 5.41) is 10.3.